The highest BCUT2D eigenvalue weighted by Gasteiger charge is 2.44. The molecule has 2 aliphatic carbocycles. The third-order valence-electron chi connectivity index (χ3n) is 5.37. The largest absolute Gasteiger partial charge is 0.481 e. The molecule has 20 heavy (non-hydrogen) atoms. The Morgan fingerprint density at radius 2 is 1.95 bits per heavy atom. The Morgan fingerprint density at radius 3 is 2.55 bits per heavy atom. The van der Waals surface area contributed by atoms with Crippen LogP contribution < -0.4 is 10.6 Å². The van der Waals surface area contributed by atoms with Crippen molar-refractivity contribution in [1.82, 2.24) is 10.6 Å². The van der Waals surface area contributed by atoms with Gasteiger partial charge in [0.25, 0.3) is 0 Å². The quantitative estimate of drug-likeness (QED) is 0.728. The zero-order chi connectivity index (χ0) is 14.2. The number of hydrogen-bond donors (Lipinski definition) is 3. The summed E-state index contributed by atoms with van der Waals surface area (Å²) in [7, 11) is 0. The summed E-state index contributed by atoms with van der Waals surface area (Å²) in [6.07, 6.45) is 8.51. The summed E-state index contributed by atoms with van der Waals surface area (Å²) < 4.78 is 0. The summed E-state index contributed by atoms with van der Waals surface area (Å²) in [5.41, 5.74) is -0.474. The van der Waals surface area contributed by atoms with Crippen LogP contribution in [0, 0.1) is 5.92 Å². The summed E-state index contributed by atoms with van der Waals surface area (Å²) in [6, 6.07) is 0.380. The number of fused-ring (bicyclic) bond motifs is 1. The molecule has 112 valence electrons. The Morgan fingerprint density at radius 1 is 1.20 bits per heavy atom. The number of carbonyl (C=O) groups is 2. The number of hydrogen-bond acceptors (Lipinski definition) is 3. The van der Waals surface area contributed by atoms with E-state index in [2.05, 4.69) is 10.6 Å². The zero-order valence-corrected chi connectivity index (χ0v) is 11.9. The van der Waals surface area contributed by atoms with Gasteiger partial charge in [0.2, 0.25) is 5.91 Å². The van der Waals surface area contributed by atoms with Gasteiger partial charge in [-0.3, -0.25) is 9.59 Å². The van der Waals surface area contributed by atoms with Gasteiger partial charge in [0.15, 0.2) is 0 Å². The van der Waals surface area contributed by atoms with Gasteiger partial charge < -0.3 is 15.7 Å². The van der Waals surface area contributed by atoms with Gasteiger partial charge in [-0.25, -0.2) is 0 Å². The van der Waals surface area contributed by atoms with E-state index in [1.807, 2.05) is 0 Å². The van der Waals surface area contributed by atoms with Crippen molar-refractivity contribution in [2.75, 3.05) is 0 Å². The van der Waals surface area contributed by atoms with E-state index in [-0.39, 0.29) is 18.4 Å². The maximum absolute atomic E-state index is 12.4. The minimum absolute atomic E-state index is 0.0142. The lowest BCUT2D eigenvalue weighted by molar-refractivity contribution is -0.140. The van der Waals surface area contributed by atoms with Crippen LogP contribution in [0.25, 0.3) is 0 Å². The lowest BCUT2D eigenvalue weighted by atomic mass is 9.74. The van der Waals surface area contributed by atoms with Crippen LogP contribution in [0.15, 0.2) is 0 Å². The normalized spacial score (nSPS) is 34.9. The first-order chi connectivity index (χ1) is 9.58. The van der Waals surface area contributed by atoms with Crippen molar-refractivity contribution in [3.8, 4) is 0 Å². The number of aliphatic carboxylic acids is 1. The number of rotatable bonds is 4. The van der Waals surface area contributed by atoms with E-state index < -0.39 is 11.5 Å². The molecule has 0 radical (unpaired) electrons. The van der Waals surface area contributed by atoms with E-state index in [1.165, 1.54) is 25.7 Å². The molecule has 1 aliphatic heterocycles. The molecule has 3 rings (SSSR count). The Labute approximate surface area is 119 Å². The van der Waals surface area contributed by atoms with Crippen LogP contribution in [0.5, 0.6) is 0 Å². The van der Waals surface area contributed by atoms with Crippen LogP contribution in [0.2, 0.25) is 0 Å². The standard InChI is InChI=1S/C15H24N2O3/c18-13(19)9-15(6-3-7-15)17-14(20)12-8-10-4-1-2-5-11(10)16-12/h10-12,16H,1-9H2,(H,17,20)(H,18,19). The monoisotopic (exact) mass is 280 g/mol. The van der Waals surface area contributed by atoms with E-state index >= 15 is 0 Å². The molecule has 3 fully saturated rings. The molecule has 0 bridgehead atoms. The predicted octanol–water partition coefficient (Wildman–Crippen LogP) is 1.42. The molecular weight excluding hydrogens is 256 g/mol. The van der Waals surface area contributed by atoms with Gasteiger partial charge >= 0.3 is 5.97 Å². The van der Waals surface area contributed by atoms with Gasteiger partial charge in [-0.05, 0) is 44.4 Å². The van der Waals surface area contributed by atoms with Crippen molar-refractivity contribution in [1.29, 1.82) is 0 Å². The molecule has 1 saturated heterocycles. The van der Waals surface area contributed by atoms with Crippen LogP contribution in [0.3, 0.4) is 0 Å². The summed E-state index contributed by atoms with van der Waals surface area (Å²) in [4.78, 5) is 23.4. The first-order valence-corrected chi connectivity index (χ1v) is 7.88. The van der Waals surface area contributed by atoms with Gasteiger partial charge in [-0.15, -0.1) is 0 Å². The third-order valence-corrected chi connectivity index (χ3v) is 5.37. The van der Waals surface area contributed by atoms with E-state index in [9.17, 15) is 9.59 Å². The van der Waals surface area contributed by atoms with E-state index in [1.54, 1.807) is 0 Å². The first-order valence-electron chi connectivity index (χ1n) is 7.88. The Bertz CT molecular complexity index is 392. The third kappa shape index (κ3) is 2.68. The molecule has 0 spiro atoms. The van der Waals surface area contributed by atoms with Crippen molar-refractivity contribution in [2.45, 2.75) is 75.4 Å². The highest BCUT2D eigenvalue weighted by atomic mass is 16.4. The first kappa shape index (κ1) is 13.9. The van der Waals surface area contributed by atoms with Crippen LogP contribution >= 0.6 is 0 Å². The minimum atomic E-state index is -0.821. The highest BCUT2D eigenvalue weighted by Crippen LogP contribution is 2.37. The molecule has 2 saturated carbocycles. The highest BCUT2D eigenvalue weighted by molar-refractivity contribution is 5.84. The number of carboxylic acids is 1. The molecule has 0 aromatic carbocycles. The van der Waals surface area contributed by atoms with E-state index in [0.29, 0.717) is 12.0 Å². The number of nitrogens with one attached hydrogen (secondary N) is 2. The Kier molecular flexibility index (Phi) is 3.71. The maximum Gasteiger partial charge on any atom is 0.305 e. The van der Waals surface area contributed by atoms with E-state index in [4.69, 9.17) is 5.11 Å². The maximum atomic E-state index is 12.4. The fraction of sp³-hybridized carbons (Fsp3) is 0.867. The van der Waals surface area contributed by atoms with E-state index in [0.717, 1.165) is 25.7 Å². The summed E-state index contributed by atoms with van der Waals surface area (Å²) >= 11 is 0. The molecule has 1 heterocycles. The Hall–Kier alpha value is -1.10. The fourth-order valence-electron chi connectivity index (χ4n) is 4.11. The molecular formula is C15H24N2O3. The molecule has 3 N–H and O–H groups in total. The number of carboxylic acid groups (broad SMARTS) is 1. The number of carbonyl (C=O) groups excluding carboxylic acids is 1. The van der Waals surface area contributed by atoms with Gasteiger partial charge in [0.05, 0.1) is 18.0 Å². The summed E-state index contributed by atoms with van der Waals surface area (Å²) in [5, 5.41) is 15.5. The smallest absolute Gasteiger partial charge is 0.305 e. The summed E-state index contributed by atoms with van der Waals surface area (Å²) in [5.74, 6) is -0.172. The average molecular weight is 280 g/mol. The second kappa shape index (κ2) is 5.35. The molecule has 0 aromatic heterocycles. The van der Waals surface area contributed by atoms with Crippen LogP contribution in [0.4, 0.5) is 0 Å². The van der Waals surface area contributed by atoms with Crippen molar-refractivity contribution >= 4 is 11.9 Å². The molecule has 3 atom stereocenters. The fourth-order valence-corrected chi connectivity index (χ4v) is 4.11. The van der Waals surface area contributed by atoms with Crippen molar-refractivity contribution in [2.24, 2.45) is 5.92 Å². The van der Waals surface area contributed by atoms with Crippen molar-refractivity contribution in [3.05, 3.63) is 0 Å². The average Bonchev–Trinajstić information content (AvgIpc) is 2.79. The summed E-state index contributed by atoms with van der Waals surface area (Å²) in [6.45, 7) is 0. The van der Waals surface area contributed by atoms with Crippen LogP contribution in [-0.2, 0) is 9.59 Å². The predicted molar refractivity (Wildman–Crippen MR) is 74.3 cm³/mol. The molecule has 5 heteroatoms. The molecule has 3 aliphatic rings. The topological polar surface area (TPSA) is 78.4 Å². The second-order valence-corrected chi connectivity index (χ2v) is 6.80. The number of amides is 1. The molecule has 5 nitrogen and oxygen atoms in total. The SMILES string of the molecule is O=C(O)CC1(NC(=O)C2CC3CCCCC3N2)CCC1. The molecule has 1 amide bonds. The Balaban J connectivity index is 1.58. The van der Waals surface area contributed by atoms with Gasteiger partial charge in [-0.2, -0.15) is 0 Å². The van der Waals surface area contributed by atoms with Gasteiger partial charge in [-0.1, -0.05) is 12.8 Å². The van der Waals surface area contributed by atoms with Crippen molar-refractivity contribution < 1.29 is 14.7 Å². The molecule has 0 aromatic rings. The van der Waals surface area contributed by atoms with Crippen molar-refractivity contribution in [3.63, 3.8) is 0 Å². The zero-order valence-electron chi connectivity index (χ0n) is 11.9. The van der Waals surface area contributed by atoms with Crippen LogP contribution in [0.1, 0.15) is 57.8 Å². The van der Waals surface area contributed by atoms with Crippen LogP contribution in [-0.4, -0.2) is 34.6 Å². The minimum Gasteiger partial charge on any atom is -0.481 e. The van der Waals surface area contributed by atoms with Gasteiger partial charge in [0.1, 0.15) is 0 Å². The molecule has 3 unspecified atom stereocenters. The van der Waals surface area contributed by atoms with Gasteiger partial charge in [0, 0.05) is 6.04 Å². The lowest BCUT2D eigenvalue weighted by Crippen LogP contribution is -2.58. The lowest BCUT2D eigenvalue weighted by Gasteiger charge is -2.42. The second-order valence-electron chi connectivity index (χ2n) is 6.80.